The van der Waals surface area contributed by atoms with Gasteiger partial charge in [-0.1, -0.05) is 55.1 Å². The molecule has 0 saturated carbocycles. The fourth-order valence-electron chi connectivity index (χ4n) is 5.45. The standard InChI is InChI=1S/C31H31F6N3/c1-19-7-4-5-10-27(19)40(30(33)34)21(3)22-13-15-39(16-14-22)29(31(35,36)37)24-11-12-26(20(2)17-24)28(38)23-8-6-9-25(32)18-23/h4-12,17-18,22,29-30,38H,3,13-16H2,1-2H3. The van der Waals surface area contributed by atoms with Gasteiger partial charge in [-0.15, -0.1) is 0 Å². The summed E-state index contributed by atoms with van der Waals surface area (Å²) in [6.07, 6.45) is -4.08. The molecule has 1 fully saturated rings. The summed E-state index contributed by atoms with van der Waals surface area (Å²) >= 11 is 0. The lowest BCUT2D eigenvalue weighted by molar-refractivity contribution is -0.189. The maximum Gasteiger partial charge on any atom is 0.408 e. The topological polar surface area (TPSA) is 30.3 Å². The summed E-state index contributed by atoms with van der Waals surface area (Å²) in [5, 5.41) is 8.44. The summed E-state index contributed by atoms with van der Waals surface area (Å²) in [5.41, 5.74) is 2.44. The Bertz CT molecular complexity index is 1380. The third-order valence-corrected chi connectivity index (χ3v) is 7.50. The van der Waals surface area contributed by atoms with E-state index in [0.29, 0.717) is 27.9 Å². The summed E-state index contributed by atoms with van der Waals surface area (Å²) < 4.78 is 85.0. The Kier molecular flexibility index (Phi) is 8.73. The van der Waals surface area contributed by atoms with Gasteiger partial charge in [-0.3, -0.25) is 15.2 Å². The number of hydrogen-bond donors (Lipinski definition) is 1. The molecule has 1 atom stereocenters. The second kappa shape index (κ2) is 11.9. The molecule has 9 heteroatoms. The first kappa shape index (κ1) is 29.4. The largest absolute Gasteiger partial charge is 0.408 e. The van der Waals surface area contributed by atoms with Crippen molar-refractivity contribution in [2.24, 2.45) is 5.92 Å². The quantitative estimate of drug-likeness (QED) is 0.171. The molecule has 3 aromatic carbocycles. The van der Waals surface area contributed by atoms with Gasteiger partial charge < -0.3 is 0 Å². The first-order valence-electron chi connectivity index (χ1n) is 13.0. The van der Waals surface area contributed by atoms with E-state index in [4.69, 9.17) is 5.41 Å². The van der Waals surface area contributed by atoms with Gasteiger partial charge in [0.25, 0.3) is 0 Å². The number of likely N-dealkylation sites (tertiary alicyclic amines) is 1. The molecule has 1 heterocycles. The van der Waals surface area contributed by atoms with E-state index < -0.39 is 30.5 Å². The molecular formula is C31H31F6N3. The van der Waals surface area contributed by atoms with Crippen molar-refractivity contribution in [3.8, 4) is 0 Å². The predicted molar refractivity (Wildman–Crippen MR) is 145 cm³/mol. The summed E-state index contributed by atoms with van der Waals surface area (Å²) in [5.74, 6) is -0.898. The van der Waals surface area contributed by atoms with Crippen LogP contribution in [0.5, 0.6) is 0 Å². The SMILES string of the molecule is C=C(C1CCN(C(c2ccc(C(=N)c3cccc(F)c3)c(C)c2)C(F)(F)F)CC1)N(c1ccccc1C)C(F)F. The molecule has 0 bridgehead atoms. The van der Waals surface area contributed by atoms with Crippen LogP contribution in [0.3, 0.4) is 0 Å². The van der Waals surface area contributed by atoms with Gasteiger partial charge in [0.1, 0.15) is 11.9 Å². The van der Waals surface area contributed by atoms with E-state index >= 15 is 0 Å². The number of hydrogen-bond acceptors (Lipinski definition) is 3. The van der Waals surface area contributed by atoms with E-state index in [1.54, 1.807) is 44.2 Å². The fraction of sp³-hybridized carbons (Fsp3) is 0.323. The summed E-state index contributed by atoms with van der Waals surface area (Å²) in [4.78, 5) is 2.21. The Balaban J connectivity index is 1.53. The molecule has 4 rings (SSSR count). The second-order valence-corrected chi connectivity index (χ2v) is 10.1. The molecule has 0 aromatic heterocycles. The van der Waals surface area contributed by atoms with Crippen LogP contribution in [-0.4, -0.2) is 36.4 Å². The van der Waals surface area contributed by atoms with E-state index in [1.807, 2.05) is 0 Å². The van der Waals surface area contributed by atoms with Crippen LogP contribution in [0.25, 0.3) is 0 Å². The van der Waals surface area contributed by atoms with E-state index in [1.165, 1.54) is 41.3 Å². The number of allylic oxidation sites excluding steroid dienone is 1. The number of halogens is 6. The third kappa shape index (κ3) is 6.25. The average molecular weight is 560 g/mol. The fourth-order valence-corrected chi connectivity index (χ4v) is 5.45. The highest BCUT2D eigenvalue weighted by atomic mass is 19.4. The Hall–Kier alpha value is -3.59. The maximum atomic E-state index is 14.4. The summed E-state index contributed by atoms with van der Waals surface area (Å²) in [7, 11) is 0. The Morgan fingerprint density at radius 2 is 1.62 bits per heavy atom. The first-order chi connectivity index (χ1) is 18.9. The van der Waals surface area contributed by atoms with Crippen molar-refractivity contribution < 1.29 is 26.3 Å². The van der Waals surface area contributed by atoms with Crippen LogP contribution in [0.4, 0.5) is 32.0 Å². The lowest BCUT2D eigenvalue weighted by atomic mass is 9.89. The summed E-state index contributed by atoms with van der Waals surface area (Å²) in [6.45, 7) is 4.55. The van der Waals surface area contributed by atoms with Crippen molar-refractivity contribution in [3.63, 3.8) is 0 Å². The van der Waals surface area contributed by atoms with Crippen molar-refractivity contribution in [2.45, 2.75) is 45.5 Å². The van der Waals surface area contributed by atoms with Gasteiger partial charge >= 0.3 is 12.7 Å². The van der Waals surface area contributed by atoms with Crippen LogP contribution < -0.4 is 4.90 Å². The van der Waals surface area contributed by atoms with Gasteiger partial charge in [-0.05, 0) is 74.7 Å². The minimum absolute atomic E-state index is 0.0173. The molecule has 1 unspecified atom stereocenters. The van der Waals surface area contributed by atoms with E-state index in [9.17, 15) is 26.3 Å². The maximum absolute atomic E-state index is 14.4. The van der Waals surface area contributed by atoms with Crippen molar-refractivity contribution in [1.29, 1.82) is 5.41 Å². The molecule has 1 aliphatic heterocycles. The van der Waals surface area contributed by atoms with Gasteiger partial charge in [-0.25, -0.2) is 4.39 Å². The molecule has 0 spiro atoms. The van der Waals surface area contributed by atoms with Crippen molar-refractivity contribution in [3.05, 3.63) is 113 Å². The number of benzene rings is 3. The average Bonchev–Trinajstić information content (AvgIpc) is 2.89. The number of para-hydroxylation sites is 1. The normalized spacial score (nSPS) is 15.7. The zero-order chi connectivity index (χ0) is 29.2. The third-order valence-electron chi connectivity index (χ3n) is 7.50. The molecular weight excluding hydrogens is 528 g/mol. The second-order valence-electron chi connectivity index (χ2n) is 10.1. The van der Waals surface area contributed by atoms with Gasteiger partial charge in [0.15, 0.2) is 0 Å². The number of anilines is 1. The van der Waals surface area contributed by atoms with Crippen molar-refractivity contribution in [1.82, 2.24) is 4.90 Å². The minimum Gasteiger partial charge on any atom is -0.300 e. The van der Waals surface area contributed by atoms with Crippen molar-refractivity contribution >= 4 is 11.4 Å². The van der Waals surface area contributed by atoms with Gasteiger partial charge in [0.2, 0.25) is 0 Å². The molecule has 40 heavy (non-hydrogen) atoms. The molecule has 212 valence electrons. The summed E-state index contributed by atoms with van der Waals surface area (Å²) in [6, 6.07) is 14.6. The first-order valence-corrected chi connectivity index (χ1v) is 13.0. The van der Waals surface area contributed by atoms with Gasteiger partial charge in [-0.2, -0.15) is 22.0 Å². The van der Waals surface area contributed by atoms with Crippen LogP contribution >= 0.6 is 0 Å². The van der Waals surface area contributed by atoms with Crippen LogP contribution in [0.15, 0.2) is 79.0 Å². The highest BCUT2D eigenvalue weighted by Crippen LogP contribution is 2.42. The zero-order valence-electron chi connectivity index (χ0n) is 22.3. The molecule has 0 aliphatic carbocycles. The molecule has 3 nitrogen and oxygen atoms in total. The molecule has 1 saturated heterocycles. The van der Waals surface area contributed by atoms with Crippen LogP contribution in [-0.2, 0) is 0 Å². The molecule has 1 aliphatic rings. The van der Waals surface area contributed by atoms with Crippen molar-refractivity contribution in [2.75, 3.05) is 18.0 Å². The van der Waals surface area contributed by atoms with Crippen LogP contribution in [0.1, 0.15) is 46.7 Å². The highest BCUT2D eigenvalue weighted by Gasteiger charge is 2.46. The van der Waals surface area contributed by atoms with E-state index in [-0.39, 0.29) is 42.9 Å². The molecule has 0 radical (unpaired) electrons. The number of piperidine rings is 1. The Labute approximate surface area is 230 Å². The lowest BCUT2D eigenvalue weighted by Gasteiger charge is -2.41. The lowest BCUT2D eigenvalue weighted by Crippen LogP contribution is -2.44. The Morgan fingerprint density at radius 3 is 2.20 bits per heavy atom. The number of nitrogens with one attached hydrogen (secondary N) is 1. The predicted octanol–water partition coefficient (Wildman–Crippen LogP) is 8.42. The number of rotatable bonds is 8. The monoisotopic (exact) mass is 559 g/mol. The van der Waals surface area contributed by atoms with Gasteiger partial charge in [0, 0.05) is 28.4 Å². The molecule has 1 N–H and O–H groups in total. The zero-order valence-corrected chi connectivity index (χ0v) is 22.3. The highest BCUT2D eigenvalue weighted by molar-refractivity contribution is 6.11. The van der Waals surface area contributed by atoms with E-state index in [2.05, 4.69) is 6.58 Å². The number of nitrogens with zero attached hydrogens (tertiary/aromatic N) is 2. The van der Waals surface area contributed by atoms with Gasteiger partial charge in [0.05, 0.1) is 5.71 Å². The van der Waals surface area contributed by atoms with E-state index in [0.717, 1.165) is 4.90 Å². The molecule has 3 aromatic rings. The smallest absolute Gasteiger partial charge is 0.300 e. The number of alkyl halides is 5. The van der Waals surface area contributed by atoms with Crippen LogP contribution in [0.2, 0.25) is 0 Å². The minimum atomic E-state index is -4.58. The number of aryl methyl sites for hydroxylation is 2. The molecule has 0 amide bonds. The van der Waals surface area contributed by atoms with Crippen LogP contribution in [0, 0.1) is 31.0 Å². The Morgan fingerprint density at radius 1 is 0.950 bits per heavy atom.